The van der Waals surface area contributed by atoms with E-state index in [-0.39, 0.29) is 11.3 Å². The van der Waals surface area contributed by atoms with Crippen LogP contribution in [0.3, 0.4) is 0 Å². The zero-order chi connectivity index (χ0) is 21.4. The predicted molar refractivity (Wildman–Crippen MR) is 107 cm³/mol. The first-order valence-corrected chi connectivity index (χ1v) is 10.1. The number of carbonyl (C=O) groups is 3. The largest absolute Gasteiger partial charge is 0.481 e. The lowest BCUT2D eigenvalue weighted by atomic mass is 9.79. The summed E-state index contributed by atoms with van der Waals surface area (Å²) in [4.78, 5) is 47.2. The van der Waals surface area contributed by atoms with Gasteiger partial charge in [-0.1, -0.05) is 0 Å². The molecule has 4 atom stereocenters. The molecule has 2 amide bonds. The molecule has 30 heavy (non-hydrogen) atoms. The van der Waals surface area contributed by atoms with E-state index in [0.29, 0.717) is 23.5 Å². The first-order chi connectivity index (χ1) is 14.3. The molecule has 2 saturated heterocycles. The second-order valence-electron chi connectivity index (χ2n) is 7.09. The van der Waals surface area contributed by atoms with E-state index in [1.54, 1.807) is 5.38 Å². The maximum Gasteiger partial charge on any atom is 0.310 e. The summed E-state index contributed by atoms with van der Waals surface area (Å²) in [5, 5.41) is 27.4. The number of thiophene rings is 1. The van der Waals surface area contributed by atoms with Crippen LogP contribution in [0.1, 0.15) is 23.2 Å². The first-order valence-electron chi connectivity index (χ1n) is 9.17. The molecule has 0 saturated carbocycles. The number of carbonyl (C=O) groups excluding carboxylic acids is 2. The fourth-order valence-electron chi connectivity index (χ4n) is 3.97. The highest BCUT2D eigenvalue weighted by molar-refractivity contribution is 7.14. The van der Waals surface area contributed by atoms with Gasteiger partial charge in [-0.25, -0.2) is 0 Å². The van der Waals surface area contributed by atoms with E-state index in [9.17, 15) is 29.6 Å². The number of hydrogen-bond acceptors (Lipinski definition) is 7. The van der Waals surface area contributed by atoms with Gasteiger partial charge in [-0.05, 0) is 36.4 Å². The second-order valence-corrected chi connectivity index (χ2v) is 8.01. The summed E-state index contributed by atoms with van der Waals surface area (Å²) in [6.07, 6.45) is 0.350. The number of ether oxygens (including phenoxy) is 1. The Kier molecular flexibility index (Phi) is 5.22. The Morgan fingerprint density at radius 2 is 1.73 bits per heavy atom. The van der Waals surface area contributed by atoms with Crippen LogP contribution in [0.25, 0.3) is 0 Å². The van der Waals surface area contributed by atoms with E-state index in [1.807, 2.05) is 0 Å². The molecule has 2 bridgehead atoms. The number of carboxylic acids is 1. The molecule has 11 heteroatoms. The summed E-state index contributed by atoms with van der Waals surface area (Å²) < 4.78 is 5.62. The fourth-order valence-corrected chi connectivity index (χ4v) is 4.76. The third-order valence-electron chi connectivity index (χ3n) is 5.34. The number of amides is 2. The highest BCUT2D eigenvalue weighted by atomic mass is 32.1. The minimum Gasteiger partial charge on any atom is -0.481 e. The van der Waals surface area contributed by atoms with E-state index >= 15 is 0 Å². The summed E-state index contributed by atoms with van der Waals surface area (Å²) in [6.45, 7) is 0. The van der Waals surface area contributed by atoms with Crippen molar-refractivity contribution in [3.63, 3.8) is 0 Å². The van der Waals surface area contributed by atoms with Crippen LogP contribution in [0.15, 0.2) is 35.7 Å². The van der Waals surface area contributed by atoms with Crippen LogP contribution < -0.4 is 10.6 Å². The van der Waals surface area contributed by atoms with Crippen LogP contribution >= 0.6 is 11.3 Å². The molecule has 2 aliphatic heterocycles. The van der Waals surface area contributed by atoms with Gasteiger partial charge in [0.2, 0.25) is 5.91 Å². The van der Waals surface area contributed by atoms with Crippen LogP contribution in [0.4, 0.5) is 16.4 Å². The maximum atomic E-state index is 12.8. The molecule has 10 nitrogen and oxygen atoms in total. The van der Waals surface area contributed by atoms with Crippen molar-refractivity contribution in [3.8, 4) is 0 Å². The quantitative estimate of drug-likeness (QED) is 0.470. The molecule has 2 fully saturated rings. The van der Waals surface area contributed by atoms with Crippen molar-refractivity contribution in [1.29, 1.82) is 0 Å². The van der Waals surface area contributed by atoms with Gasteiger partial charge >= 0.3 is 5.97 Å². The molecule has 0 unspecified atom stereocenters. The van der Waals surface area contributed by atoms with Gasteiger partial charge in [0.1, 0.15) is 5.00 Å². The van der Waals surface area contributed by atoms with Crippen molar-refractivity contribution < 1.29 is 29.2 Å². The molecule has 3 N–H and O–H groups in total. The molecule has 1 aromatic carbocycles. The Bertz CT molecular complexity index is 1020. The molecule has 156 valence electrons. The Morgan fingerprint density at radius 3 is 2.37 bits per heavy atom. The number of non-ortho nitro benzene ring substituents is 1. The number of aliphatic carboxylic acids is 1. The Balaban J connectivity index is 1.46. The van der Waals surface area contributed by atoms with Crippen LogP contribution in [0, 0.1) is 22.0 Å². The Hall–Kier alpha value is -3.31. The summed E-state index contributed by atoms with van der Waals surface area (Å²) in [6, 6.07) is 6.89. The van der Waals surface area contributed by atoms with E-state index < -0.39 is 46.8 Å². The molecule has 0 spiro atoms. The van der Waals surface area contributed by atoms with Crippen molar-refractivity contribution in [2.45, 2.75) is 25.0 Å². The van der Waals surface area contributed by atoms with Gasteiger partial charge in [0.05, 0.1) is 34.5 Å². The molecule has 4 rings (SSSR count). The average Bonchev–Trinajstić information content (AvgIpc) is 3.43. The fraction of sp³-hybridized carbons (Fsp3) is 0.316. The third kappa shape index (κ3) is 3.64. The van der Waals surface area contributed by atoms with Gasteiger partial charge in [0.25, 0.3) is 11.6 Å². The monoisotopic (exact) mass is 431 g/mol. The number of fused-ring (bicyclic) bond motifs is 2. The minimum atomic E-state index is -1.07. The van der Waals surface area contributed by atoms with Crippen LogP contribution in [0.2, 0.25) is 0 Å². The Labute approximate surface area is 174 Å². The number of nitro groups is 1. The van der Waals surface area contributed by atoms with Crippen LogP contribution in [-0.4, -0.2) is 40.0 Å². The summed E-state index contributed by atoms with van der Waals surface area (Å²) in [5.41, 5.74) is 0.474. The normalized spacial score (nSPS) is 24.4. The highest BCUT2D eigenvalue weighted by Crippen LogP contribution is 2.44. The molecule has 3 heterocycles. The number of carboxylic acid groups (broad SMARTS) is 1. The standard InChI is InChI=1S/C19H17N3O7S/c23-16(20-9-1-3-10(4-2-9)22(27)28)11-7-8-30-18(11)21-17(24)14-12-5-6-13(29-12)15(14)19(25)26/h1-4,7-8,12-15H,5-6H2,(H,20,23)(H,21,24)(H,25,26)/t12-,13+,14-,15+/m1/s1. The summed E-state index contributed by atoms with van der Waals surface area (Å²) in [7, 11) is 0. The lowest BCUT2D eigenvalue weighted by Crippen LogP contribution is -2.41. The van der Waals surface area contributed by atoms with E-state index in [1.165, 1.54) is 30.3 Å². The van der Waals surface area contributed by atoms with Gasteiger partial charge in [0.15, 0.2) is 0 Å². The predicted octanol–water partition coefficient (Wildman–Crippen LogP) is 2.73. The lowest BCUT2D eigenvalue weighted by Gasteiger charge is -2.23. The number of nitro benzene ring substituents is 1. The van der Waals surface area contributed by atoms with Gasteiger partial charge in [-0.15, -0.1) is 11.3 Å². The number of hydrogen-bond donors (Lipinski definition) is 3. The summed E-state index contributed by atoms with van der Waals surface area (Å²) >= 11 is 1.14. The van der Waals surface area contributed by atoms with Gasteiger partial charge in [0, 0.05) is 17.8 Å². The highest BCUT2D eigenvalue weighted by Gasteiger charge is 2.55. The topological polar surface area (TPSA) is 148 Å². The summed E-state index contributed by atoms with van der Waals surface area (Å²) in [5.74, 6) is -3.76. The van der Waals surface area contributed by atoms with Crippen LogP contribution in [-0.2, 0) is 14.3 Å². The van der Waals surface area contributed by atoms with Crippen molar-refractivity contribution >= 4 is 45.5 Å². The van der Waals surface area contributed by atoms with Crippen molar-refractivity contribution in [2.75, 3.05) is 10.6 Å². The molecule has 2 aliphatic rings. The molecular formula is C19H17N3O7S. The number of nitrogens with zero attached hydrogens (tertiary/aromatic N) is 1. The number of benzene rings is 1. The van der Waals surface area contributed by atoms with Crippen LogP contribution in [0.5, 0.6) is 0 Å². The van der Waals surface area contributed by atoms with Crippen molar-refractivity contribution in [3.05, 3.63) is 51.4 Å². The molecule has 2 aromatic rings. The zero-order valence-corrected chi connectivity index (χ0v) is 16.3. The van der Waals surface area contributed by atoms with E-state index in [2.05, 4.69) is 10.6 Å². The van der Waals surface area contributed by atoms with Gasteiger partial charge in [-0.2, -0.15) is 0 Å². The SMILES string of the molecule is O=C(Nc1ccc([N+](=O)[O-])cc1)c1ccsc1NC(=O)[C@H]1[C@@H](C(=O)O)[C@@H]2CC[C@H]1O2. The second kappa shape index (κ2) is 7.84. The number of rotatable bonds is 6. The van der Waals surface area contributed by atoms with Crippen molar-refractivity contribution in [2.24, 2.45) is 11.8 Å². The van der Waals surface area contributed by atoms with E-state index in [4.69, 9.17) is 4.74 Å². The molecular weight excluding hydrogens is 414 g/mol. The smallest absolute Gasteiger partial charge is 0.310 e. The van der Waals surface area contributed by atoms with Gasteiger partial charge in [-0.3, -0.25) is 24.5 Å². The molecule has 1 aromatic heterocycles. The van der Waals surface area contributed by atoms with E-state index in [0.717, 1.165) is 11.3 Å². The maximum absolute atomic E-state index is 12.8. The third-order valence-corrected chi connectivity index (χ3v) is 6.17. The number of nitrogens with one attached hydrogen (secondary N) is 2. The lowest BCUT2D eigenvalue weighted by molar-refractivity contribution is -0.384. The average molecular weight is 431 g/mol. The molecule has 0 radical (unpaired) electrons. The number of anilines is 2. The Morgan fingerprint density at radius 1 is 1.07 bits per heavy atom. The zero-order valence-electron chi connectivity index (χ0n) is 15.4. The minimum absolute atomic E-state index is 0.0995. The van der Waals surface area contributed by atoms with Gasteiger partial charge < -0.3 is 20.5 Å². The molecule has 0 aliphatic carbocycles. The van der Waals surface area contributed by atoms with Crippen molar-refractivity contribution in [1.82, 2.24) is 0 Å². The first kappa shape index (κ1) is 20.0.